The minimum absolute atomic E-state index is 0.117. The Morgan fingerprint density at radius 3 is 2.64 bits per heavy atom. The molecule has 0 radical (unpaired) electrons. The van der Waals surface area contributed by atoms with Crippen molar-refractivity contribution in [1.29, 1.82) is 0 Å². The van der Waals surface area contributed by atoms with Crippen molar-refractivity contribution >= 4 is 11.6 Å². The number of hydrogen-bond acceptors (Lipinski definition) is 3. The number of para-hydroxylation sites is 2. The summed E-state index contributed by atoms with van der Waals surface area (Å²) in [7, 11) is 1.36. The number of carbonyl (C=O) groups is 1. The Balaban J connectivity index is 2.36. The molecule has 4 nitrogen and oxygen atoms in total. The van der Waals surface area contributed by atoms with Crippen molar-refractivity contribution < 1.29 is 27.4 Å². The van der Waals surface area contributed by atoms with Gasteiger partial charge in [0.05, 0.1) is 24.8 Å². The first-order valence-electron chi connectivity index (χ1n) is 6.96. The lowest BCUT2D eigenvalue weighted by atomic mass is 10.0. The first-order valence-corrected chi connectivity index (χ1v) is 6.96. The van der Waals surface area contributed by atoms with E-state index in [2.05, 4.69) is 0 Å². The van der Waals surface area contributed by atoms with Gasteiger partial charge >= 0.3 is 6.18 Å². The minimum Gasteiger partial charge on any atom is -0.495 e. The molecule has 1 fully saturated rings. The van der Waals surface area contributed by atoms with Crippen LogP contribution >= 0.6 is 0 Å². The largest absolute Gasteiger partial charge is 0.495 e. The van der Waals surface area contributed by atoms with Crippen LogP contribution in [0.1, 0.15) is 13.3 Å². The number of ether oxygens (including phenoxy) is 2. The van der Waals surface area contributed by atoms with Gasteiger partial charge in [0.1, 0.15) is 12.3 Å². The third-order valence-corrected chi connectivity index (χ3v) is 3.67. The molecule has 2 atom stereocenters. The number of nitrogens with zero attached hydrogens (tertiary/aromatic N) is 1. The first-order chi connectivity index (χ1) is 10.3. The van der Waals surface area contributed by atoms with Gasteiger partial charge in [-0.15, -0.1) is 0 Å². The summed E-state index contributed by atoms with van der Waals surface area (Å²) in [4.78, 5) is 13.3. The number of halogens is 3. The highest BCUT2D eigenvalue weighted by molar-refractivity contribution is 5.97. The van der Waals surface area contributed by atoms with Gasteiger partial charge in [0.15, 0.2) is 0 Å². The summed E-state index contributed by atoms with van der Waals surface area (Å²) in [5, 5.41) is 0. The van der Waals surface area contributed by atoms with Gasteiger partial charge in [-0.1, -0.05) is 12.1 Å². The zero-order chi connectivity index (χ0) is 16.3. The van der Waals surface area contributed by atoms with E-state index in [9.17, 15) is 18.0 Å². The first kappa shape index (κ1) is 16.6. The number of carbonyl (C=O) groups excluding carboxylic acids is 1. The quantitative estimate of drug-likeness (QED) is 0.857. The topological polar surface area (TPSA) is 38.8 Å². The molecule has 2 rings (SSSR count). The van der Waals surface area contributed by atoms with Gasteiger partial charge < -0.3 is 9.47 Å². The van der Waals surface area contributed by atoms with Crippen molar-refractivity contribution in [3.05, 3.63) is 24.3 Å². The molecule has 1 aliphatic heterocycles. The standard InChI is InChI=1S/C15H18F3NO3/c1-10-11(7-8-22-10)14(20)19(9-15(16,17)18)12-5-3-4-6-13(12)21-2/h3-6,10-11H,7-9H2,1-2H3/t10-,11+/m1/s1. The molecule has 0 aromatic heterocycles. The van der Waals surface area contributed by atoms with Crippen LogP contribution in [-0.2, 0) is 9.53 Å². The van der Waals surface area contributed by atoms with Crippen LogP contribution in [0.25, 0.3) is 0 Å². The Morgan fingerprint density at radius 2 is 2.09 bits per heavy atom. The lowest BCUT2D eigenvalue weighted by Gasteiger charge is -2.28. The molecule has 7 heteroatoms. The molecule has 0 saturated carbocycles. The van der Waals surface area contributed by atoms with Gasteiger partial charge in [-0.25, -0.2) is 0 Å². The maximum atomic E-state index is 12.9. The average Bonchev–Trinajstić information content (AvgIpc) is 2.89. The SMILES string of the molecule is COc1ccccc1N(CC(F)(F)F)C(=O)[C@H]1CCO[C@@H]1C. The summed E-state index contributed by atoms with van der Waals surface area (Å²) in [6, 6.07) is 6.19. The zero-order valence-corrected chi connectivity index (χ0v) is 12.4. The average molecular weight is 317 g/mol. The van der Waals surface area contributed by atoms with Gasteiger partial charge in [-0.2, -0.15) is 13.2 Å². The monoisotopic (exact) mass is 317 g/mol. The summed E-state index contributed by atoms with van der Waals surface area (Å²) in [6.07, 6.45) is -4.47. The molecule has 122 valence electrons. The van der Waals surface area contributed by atoms with E-state index in [1.165, 1.54) is 19.2 Å². The van der Waals surface area contributed by atoms with E-state index in [0.29, 0.717) is 13.0 Å². The smallest absolute Gasteiger partial charge is 0.406 e. The van der Waals surface area contributed by atoms with Crippen molar-refractivity contribution in [2.75, 3.05) is 25.2 Å². The number of alkyl halides is 3. The molecule has 1 saturated heterocycles. The van der Waals surface area contributed by atoms with Crippen LogP contribution in [0.5, 0.6) is 5.75 Å². The van der Waals surface area contributed by atoms with Crippen LogP contribution in [0.15, 0.2) is 24.3 Å². The molecule has 1 aliphatic rings. The van der Waals surface area contributed by atoms with Gasteiger partial charge in [-0.3, -0.25) is 9.69 Å². The second-order valence-electron chi connectivity index (χ2n) is 5.18. The predicted molar refractivity (Wildman–Crippen MR) is 74.9 cm³/mol. The van der Waals surface area contributed by atoms with Crippen molar-refractivity contribution in [3.63, 3.8) is 0 Å². The summed E-state index contributed by atoms with van der Waals surface area (Å²) in [6.45, 7) is 0.725. The van der Waals surface area contributed by atoms with Crippen molar-refractivity contribution in [3.8, 4) is 5.75 Å². The summed E-state index contributed by atoms with van der Waals surface area (Å²) in [5.41, 5.74) is 0.117. The third-order valence-electron chi connectivity index (χ3n) is 3.67. The molecule has 0 bridgehead atoms. The maximum absolute atomic E-state index is 12.9. The molecule has 0 spiro atoms. The summed E-state index contributed by atoms with van der Waals surface area (Å²) >= 11 is 0. The second-order valence-corrected chi connectivity index (χ2v) is 5.18. The molecule has 0 N–H and O–H groups in total. The summed E-state index contributed by atoms with van der Waals surface area (Å²) < 4.78 is 49.1. The lowest BCUT2D eigenvalue weighted by Crippen LogP contribution is -2.44. The van der Waals surface area contributed by atoms with Crippen LogP contribution in [0, 0.1) is 5.92 Å². The normalized spacial score (nSPS) is 21.7. The van der Waals surface area contributed by atoms with Crippen LogP contribution < -0.4 is 9.64 Å². The fourth-order valence-electron chi connectivity index (χ4n) is 2.57. The van der Waals surface area contributed by atoms with E-state index in [-0.39, 0.29) is 11.4 Å². The molecule has 1 amide bonds. The fraction of sp³-hybridized carbons (Fsp3) is 0.533. The molecule has 22 heavy (non-hydrogen) atoms. The molecule has 1 aromatic rings. The van der Waals surface area contributed by atoms with E-state index >= 15 is 0 Å². The fourth-order valence-corrected chi connectivity index (χ4v) is 2.57. The van der Waals surface area contributed by atoms with Gasteiger partial charge in [0.2, 0.25) is 5.91 Å². The van der Waals surface area contributed by atoms with Crippen LogP contribution in [0.2, 0.25) is 0 Å². The highest BCUT2D eigenvalue weighted by Crippen LogP contribution is 2.33. The number of anilines is 1. The Hall–Kier alpha value is -1.76. The molecule has 0 unspecified atom stereocenters. The number of methoxy groups -OCH3 is 1. The van der Waals surface area contributed by atoms with E-state index in [0.717, 1.165) is 4.90 Å². The lowest BCUT2D eigenvalue weighted by molar-refractivity contribution is -0.135. The van der Waals surface area contributed by atoms with Crippen molar-refractivity contribution in [2.45, 2.75) is 25.6 Å². The predicted octanol–water partition coefficient (Wildman–Crippen LogP) is 3.02. The number of amides is 1. The highest BCUT2D eigenvalue weighted by atomic mass is 19.4. The molecule has 1 aromatic carbocycles. The molecule has 1 heterocycles. The number of benzene rings is 1. The number of hydrogen-bond donors (Lipinski definition) is 0. The van der Waals surface area contributed by atoms with E-state index in [4.69, 9.17) is 9.47 Å². The van der Waals surface area contributed by atoms with Crippen molar-refractivity contribution in [1.82, 2.24) is 0 Å². The minimum atomic E-state index is -4.50. The van der Waals surface area contributed by atoms with Crippen LogP contribution in [0.3, 0.4) is 0 Å². The second kappa shape index (κ2) is 6.56. The van der Waals surface area contributed by atoms with Gasteiger partial charge in [0.25, 0.3) is 0 Å². The Morgan fingerprint density at radius 1 is 1.41 bits per heavy atom. The number of rotatable bonds is 4. The van der Waals surface area contributed by atoms with Crippen LogP contribution in [0.4, 0.5) is 18.9 Å². The Kier molecular flexibility index (Phi) is 4.95. The van der Waals surface area contributed by atoms with E-state index < -0.39 is 30.7 Å². The third kappa shape index (κ3) is 3.71. The van der Waals surface area contributed by atoms with Crippen LogP contribution in [-0.4, -0.2) is 38.4 Å². The molecule has 0 aliphatic carbocycles. The zero-order valence-electron chi connectivity index (χ0n) is 12.4. The van der Waals surface area contributed by atoms with Gasteiger partial charge in [0, 0.05) is 6.61 Å². The van der Waals surface area contributed by atoms with E-state index in [1.54, 1.807) is 19.1 Å². The van der Waals surface area contributed by atoms with Crippen molar-refractivity contribution in [2.24, 2.45) is 5.92 Å². The Bertz CT molecular complexity index is 533. The summed E-state index contributed by atoms with van der Waals surface area (Å²) in [5.74, 6) is -0.939. The molecular weight excluding hydrogens is 299 g/mol. The molecular formula is C15H18F3NO3. The Labute approximate surface area is 126 Å². The van der Waals surface area contributed by atoms with E-state index in [1.807, 2.05) is 0 Å². The highest BCUT2D eigenvalue weighted by Gasteiger charge is 2.40. The van der Waals surface area contributed by atoms with Gasteiger partial charge in [-0.05, 0) is 25.5 Å². The maximum Gasteiger partial charge on any atom is 0.406 e.